The summed E-state index contributed by atoms with van der Waals surface area (Å²) in [7, 11) is 0. The minimum Gasteiger partial charge on any atom is -0.360 e. The standard InChI is InChI=1S/C17H17N5O2S/c1-10(23)12-3-2-4-13(7-12)20-15(24)14-9-19-17-22(14)21-16(25-17)18-8-11-5-6-11/h2-4,7,9,11H,5-6,8H2,1H3,(H,18,21)(H,20,24). The molecule has 1 amide bonds. The second-order valence-electron chi connectivity index (χ2n) is 6.16. The van der Waals surface area contributed by atoms with E-state index < -0.39 is 0 Å². The van der Waals surface area contributed by atoms with Crippen LogP contribution < -0.4 is 10.6 Å². The number of hydrogen-bond acceptors (Lipinski definition) is 6. The molecule has 0 unspecified atom stereocenters. The molecule has 7 nitrogen and oxygen atoms in total. The van der Waals surface area contributed by atoms with Crippen LogP contribution in [0.5, 0.6) is 0 Å². The number of imidazole rings is 1. The van der Waals surface area contributed by atoms with E-state index in [1.807, 2.05) is 0 Å². The number of amides is 1. The van der Waals surface area contributed by atoms with Crippen LogP contribution in [-0.2, 0) is 0 Å². The Kier molecular flexibility index (Phi) is 3.96. The fourth-order valence-electron chi connectivity index (χ4n) is 2.48. The molecule has 0 spiro atoms. The average Bonchev–Trinajstić information content (AvgIpc) is 3.20. The van der Waals surface area contributed by atoms with Crippen molar-refractivity contribution in [3.05, 3.63) is 41.7 Å². The molecule has 1 fully saturated rings. The fourth-order valence-corrected chi connectivity index (χ4v) is 3.27. The third-order valence-corrected chi connectivity index (χ3v) is 4.96. The lowest BCUT2D eigenvalue weighted by atomic mass is 10.1. The molecule has 4 rings (SSSR count). The number of benzene rings is 1. The number of anilines is 2. The first kappa shape index (κ1) is 15.8. The Balaban J connectivity index is 1.52. The van der Waals surface area contributed by atoms with Gasteiger partial charge in [0.2, 0.25) is 10.1 Å². The van der Waals surface area contributed by atoms with Gasteiger partial charge in [0.05, 0.1) is 6.20 Å². The van der Waals surface area contributed by atoms with Crippen LogP contribution in [0, 0.1) is 5.92 Å². The number of ketones is 1. The van der Waals surface area contributed by atoms with E-state index in [9.17, 15) is 9.59 Å². The fraction of sp³-hybridized carbons (Fsp3) is 0.294. The van der Waals surface area contributed by atoms with Crippen LogP contribution >= 0.6 is 11.3 Å². The highest BCUT2D eigenvalue weighted by Gasteiger charge is 2.22. The molecule has 2 aromatic heterocycles. The monoisotopic (exact) mass is 355 g/mol. The largest absolute Gasteiger partial charge is 0.360 e. The molecule has 0 aliphatic heterocycles. The van der Waals surface area contributed by atoms with Crippen LogP contribution in [0.1, 0.15) is 40.6 Å². The van der Waals surface area contributed by atoms with Gasteiger partial charge >= 0.3 is 0 Å². The van der Waals surface area contributed by atoms with Crippen molar-refractivity contribution < 1.29 is 9.59 Å². The zero-order chi connectivity index (χ0) is 17.4. The number of hydrogen-bond donors (Lipinski definition) is 2. The van der Waals surface area contributed by atoms with Crippen LogP contribution in [0.2, 0.25) is 0 Å². The molecule has 1 aliphatic carbocycles. The van der Waals surface area contributed by atoms with E-state index in [2.05, 4.69) is 20.7 Å². The van der Waals surface area contributed by atoms with Crippen LogP contribution in [0.3, 0.4) is 0 Å². The Morgan fingerprint density at radius 3 is 2.96 bits per heavy atom. The smallest absolute Gasteiger partial charge is 0.276 e. The van der Waals surface area contributed by atoms with E-state index in [0.29, 0.717) is 21.9 Å². The molecule has 1 aliphatic rings. The van der Waals surface area contributed by atoms with Crippen LogP contribution in [0.15, 0.2) is 30.5 Å². The summed E-state index contributed by atoms with van der Waals surface area (Å²) in [6, 6.07) is 6.85. The lowest BCUT2D eigenvalue weighted by Gasteiger charge is -2.05. The number of fused-ring (bicyclic) bond motifs is 1. The van der Waals surface area contributed by atoms with Gasteiger partial charge < -0.3 is 10.6 Å². The predicted octanol–water partition coefficient (Wildman–Crippen LogP) is 3.07. The maximum absolute atomic E-state index is 12.5. The number of carbonyl (C=O) groups is 2. The van der Waals surface area contributed by atoms with Gasteiger partial charge in [-0.1, -0.05) is 23.5 Å². The Bertz CT molecular complexity index is 957. The molecule has 2 heterocycles. The molecule has 1 saturated carbocycles. The van der Waals surface area contributed by atoms with Crippen molar-refractivity contribution in [2.75, 3.05) is 17.2 Å². The topological polar surface area (TPSA) is 88.4 Å². The second kappa shape index (κ2) is 6.29. The summed E-state index contributed by atoms with van der Waals surface area (Å²) < 4.78 is 1.55. The first-order valence-electron chi connectivity index (χ1n) is 8.11. The van der Waals surface area contributed by atoms with Crippen molar-refractivity contribution in [3.8, 4) is 0 Å². The lowest BCUT2D eigenvalue weighted by molar-refractivity contribution is 0.100. The number of nitrogens with zero attached hydrogens (tertiary/aromatic N) is 3. The van der Waals surface area contributed by atoms with E-state index in [4.69, 9.17) is 0 Å². The van der Waals surface area contributed by atoms with Crippen molar-refractivity contribution in [2.24, 2.45) is 5.92 Å². The first-order chi connectivity index (χ1) is 12.1. The number of carbonyl (C=O) groups excluding carboxylic acids is 2. The summed E-state index contributed by atoms with van der Waals surface area (Å²) >= 11 is 1.42. The predicted molar refractivity (Wildman–Crippen MR) is 96.5 cm³/mol. The van der Waals surface area contributed by atoms with E-state index in [0.717, 1.165) is 17.6 Å². The molecule has 0 bridgehead atoms. The molecule has 2 N–H and O–H groups in total. The molecule has 0 saturated heterocycles. The maximum Gasteiger partial charge on any atom is 0.276 e. The Labute approximate surface area is 148 Å². The zero-order valence-corrected chi connectivity index (χ0v) is 14.5. The lowest BCUT2D eigenvalue weighted by Crippen LogP contribution is -2.15. The summed E-state index contributed by atoms with van der Waals surface area (Å²) in [5.41, 5.74) is 1.48. The Morgan fingerprint density at radius 2 is 2.20 bits per heavy atom. The van der Waals surface area contributed by atoms with Crippen LogP contribution in [0.4, 0.5) is 10.8 Å². The van der Waals surface area contributed by atoms with Gasteiger partial charge in [0.15, 0.2) is 11.5 Å². The summed E-state index contributed by atoms with van der Waals surface area (Å²) in [6.45, 7) is 2.41. The molecule has 128 valence electrons. The summed E-state index contributed by atoms with van der Waals surface area (Å²) in [4.78, 5) is 28.9. The molecule has 0 atom stereocenters. The van der Waals surface area contributed by atoms with Crippen molar-refractivity contribution in [3.63, 3.8) is 0 Å². The zero-order valence-electron chi connectivity index (χ0n) is 13.7. The Hall–Kier alpha value is -2.74. The van der Waals surface area contributed by atoms with Gasteiger partial charge in [0, 0.05) is 17.8 Å². The van der Waals surface area contributed by atoms with Gasteiger partial charge in [0.1, 0.15) is 0 Å². The second-order valence-corrected chi connectivity index (χ2v) is 7.12. The molecular formula is C17H17N5O2S. The van der Waals surface area contributed by atoms with Gasteiger partial charge in [-0.25, -0.2) is 4.98 Å². The number of Topliss-reactive ketones (excluding diaryl/α,β-unsaturated/α-hetero) is 1. The van der Waals surface area contributed by atoms with Crippen molar-refractivity contribution in [2.45, 2.75) is 19.8 Å². The van der Waals surface area contributed by atoms with Crippen molar-refractivity contribution in [1.82, 2.24) is 14.6 Å². The highest BCUT2D eigenvalue weighted by Crippen LogP contribution is 2.29. The SMILES string of the molecule is CC(=O)c1cccc(NC(=O)c2cnc3sc(NCC4CC4)nn23)c1. The minimum absolute atomic E-state index is 0.0475. The van der Waals surface area contributed by atoms with E-state index in [1.54, 1.807) is 28.8 Å². The normalized spacial score (nSPS) is 13.8. The number of rotatable bonds is 6. The van der Waals surface area contributed by atoms with Gasteiger partial charge in [-0.05, 0) is 37.8 Å². The molecule has 1 aromatic carbocycles. The van der Waals surface area contributed by atoms with E-state index in [-0.39, 0.29) is 11.7 Å². The van der Waals surface area contributed by atoms with E-state index in [1.165, 1.54) is 37.3 Å². The first-order valence-corrected chi connectivity index (χ1v) is 8.92. The van der Waals surface area contributed by atoms with Crippen molar-refractivity contribution >= 4 is 38.8 Å². The molecule has 0 radical (unpaired) electrons. The van der Waals surface area contributed by atoms with Crippen molar-refractivity contribution in [1.29, 1.82) is 0 Å². The molecular weight excluding hydrogens is 338 g/mol. The van der Waals surface area contributed by atoms with Gasteiger partial charge in [0.25, 0.3) is 5.91 Å². The van der Waals surface area contributed by atoms with Crippen LogP contribution in [-0.4, -0.2) is 32.8 Å². The number of aromatic nitrogens is 3. The quantitative estimate of drug-likeness (QED) is 0.664. The van der Waals surface area contributed by atoms with Gasteiger partial charge in [-0.15, -0.1) is 5.10 Å². The Morgan fingerprint density at radius 1 is 1.36 bits per heavy atom. The third-order valence-electron chi connectivity index (χ3n) is 4.08. The van der Waals surface area contributed by atoms with Crippen LogP contribution in [0.25, 0.3) is 4.96 Å². The summed E-state index contributed by atoms with van der Waals surface area (Å²) in [6.07, 6.45) is 4.04. The molecule has 3 aromatic rings. The van der Waals surface area contributed by atoms with Gasteiger partial charge in [-0.2, -0.15) is 4.52 Å². The highest BCUT2D eigenvalue weighted by molar-refractivity contribution is 7.20. The summed E-state index contributed by atoms with van der Waals surface area (Å²) in [5, 5.41) is 11.3. The van der Waals surface area contributed by atoms with Gasteiger partial charge in [-0.3, -0.25) is 9.59 Å². The molecule has 8 heteroatoms. The summed E-state index contributed by atoms with van der Waals surface area (Å²) in [5.74, 6) is 0.383. The third kappa shape index (κ3) is 3.39. The maximum atomic E-state index is 12.5. The molecule has 25 heavy (non-hydrogen) atoms. The number of nitrogens with one attached hydrogen (secondary N) is 2. The van der Waals surface area contributed by atoms with E-state index >= 15 is 0 Å². The minimum atomic E-state index is -0.313. The average molecular weight is 355 g/mol. The highest BCUT2D eigenvalue weighted by atomic mass is 32.1.